The van der Waals surface area contributed by atoms with Crippen LogP contribution in [0.15, 0.2) is 52.4 Å². The molecule has 1 fully saturated rings. The van der Waals surface area contributed by atoms with Gasteiger partial charge in [-0.15, -0.1) is 11.8 Å². The van der Waals surface area contributed by atoms with Crippen molar-refractivity contribution in [3.8, 4) is 0 Å². The van der Waals surface area contributed by atoms with E-state index in [1.807, 2.05) is 30.3 Å². The molecule has 1 amide bonds. The van der Waals surface area contributed by atoms with Crippen molar-refractivity contribution >= 4 is 52.4 Å². The Bertz CT molecular complexity index is 837. The standard InChI is InChI=1S/C17H12Cl2N2OS/c18-11-6-5-10(12(19)7-11)9-21-16(22)8-15-17(21)20-13-3-1-2-4-14(13)23-15/h1-7,15H,8-9H2. The molecule has 0 spiro atoms. The number of hydrogen-bond acceptors (Lipinski definition) is 3. The van der Waals surface area contributed by atoms with Crippen LogP contribution in [0.5, 0.6) is 0 Å². The summed E-state index contributed by atoms with van der Waals surface area (Å²) in [4.78, 5) is 20.0. The lowest BCUT2D eigenvalue weighted by molar-refractivity contribution is -0.126. The smallest absolute Gasteiger partial charge is 0.229 e. The molecule has 23 heavy (non-hydrogen) atoms. The van der Waals surface area contributed by atoms with E-state index in [2.05, 4.69) is 0 Å². The van der Waals surface area contributed by atoms with Gasteiger partial charge in [0, 0.05) is 21.4 Å². The Hall–Kier alpha value is -1.49. The number of likely N-dealkylation sites (tertiary alicyclic amines) is 1. The number of hydrogen-bond donors (Lipinski definition) is 0. The van der Waals surface area contributed by atoms with Crippen molar-refractivity contribution in [2.75, 3.05) is 0 Å². The molecule has 6 heteroatoms. The summed E-state index contributed by atoms with van der Waals surface area (Å²) in [6.45, 7) is 0.424. The number of fused-ring (bicyclic) bond motifs is 2. The van der Waals surface area contributed by atoms with Crippen molar-refractivity contribution in [2.45, 2.75) is 23.1 Å². The van der Waals surface area contributed by atoms with Crippen molar-refractivity contribution in [3.05, 3.63) is 58.1 Å². The van der Waals surface area contributed by atoms with Gasteiger partial charge in [-0.05, 0) is 29.8 Å². The monoisotopic (exact) mass is 362 g/mol. The van der Waals surface area contributed by atoms with Crippen LogP contribution in [0.25, 0.3) is 0 Å². The summed E-state index contributed by atoms with van der Waals surface area (Å²) in [5.74, 6) is 0.907. The summed E-state index contributed by atoms with van der Waals surface area (Å²) < 4.78 is 0. The summed E-state index contributed by atoms with van der Waals surface area (Å²) in [6, 6.07) is 13.3. The summed E-state index contributed by atoms with van der Waals surface area (Å²) >= 11 is 13.9. The topological polar surface area (TPSA) is 32.7 Å². The van der Waals surface area contributed by atoms with Crippen LogP contribution in [-0.2, 0) is 11.3 Å². The molecule has 116 valence electrons. The zero-order valence-electron chi connectivity index (χ0n) is 12.0. The van der Waals surface area contributed by atoms with Crippen LogP contribution in [0.1, 0.15) is 12.0 Å². The molecule has 1 saturated heterocycles. The first kappa shape index (κ1) is 15.1. The molecule has 3 nitrogen and oxygen atoms in total. The minimum Gasteiger partial charge on any atom is -0.295 e. The van der Waals surface area contributed by atoms with Gasteiger partial charge in [0.2, 0.25) is 5.91 Å². The number of amidine groups is 1. The van der Waals surface area contributed by atoms with Crippen molar-refractivity contribution in [2.24, 2.45) is 4.99 Å². The van der Waals surface area contributed by atoms with Gasteiger partial charge in [0.05, 0.1) is 17.5 Å². The Morgan fingerprint density at radius 2 is 2.04 bits per heavy atom. The van der Waals surface area contributed by atoms with Crippen LogP contribution in [-0.4, -0.2) is 21.9 Å². The summed E-state index contributed by atoms with van der Waals surface area (Å²) in [7, 11) is 0. The Morgan fingerprint density at radius 1 is 1.22 bits per heavy atom. The van der Waals surface area contributed by atoms with Crippen molar-refractivity contribution in [1.29, 1.82) is 0 Å². The number of carbonyl (C=O) groups excluding carboxylic acids is 1. The molecule has 2 aromatic carbocycles. The third-order valence-corrected chi connectivity index (χ3v) is 5.79. The second-order valence-electron chi connectivity index (χ2n) is 5.46. The molecular formula is C17H12Cl2N2OS. The van der Waals surface area contributed by atoms with Crippen LogP contribution >= 0.6 is 35.0 Å². The number of halogens is 2. The van der Waals surface area contributed by atoms with Crippen molar-refractivity contribution in [3.63, 3.8) is 0 Å². The zero-order chi connectivity index (χ0) is 16.0. The van der Waals surface area contributed by atoms with Gasteiger partial charge in [-0.3, -0.25) is 9.69 Å². The van der Waals surface area contributed by atoms with E-state index >= 15 is 0 Å². The molecule has 0 saturated carbocycles. The predicted molar refractivity (Wildman–Crippen MR) is 94.8 cm³/mol. The average Bonchev–Trinajstić information content (AvgIpc) is 2.82. The van der Waals surface area contributed by atoms with Crippen molar-refractivity contribution < 1.29 is 4.79 Å². The SMILES string of the molecule is O=C1CC2Sc3ccccc3N=C2N1Cc1ccc(Cl)cc1Cl. The van der Waals surface area contributed by atoms with E-state index in [4.69, 9.17) is 28.2 Å². The largest absolute Gasteiger partial charge is 0.295 e. The van der Waals surface area contributed by atoms with Crippen LogP contribution in [0, 0.1) is 0 Å². The second-order valence-corrected chi connectivity index (χ2v) is 7.55. The molecule has 2 aliphatic heterocycles. The van der Waals surface area contributed by atoms with Gasteiger partial charge in [0.1, 0.15) is 5.84 Å². The lowest BCUT2D eigenvalue weighted by Gasteiger charge is -2.23. The number of thioether (sulfide) groups is 1. The highest BCUT2D eigenvalue weighted by Crippen LogP contribution is 2.42. The fraction of sp³-hybridized carbons (Fsp3) is 0.176. The number of amides is 1. The first-order chi connectivity index (χ1) is 11.1. The maximum Gasteiger partial charge on any atom is 0.229 e. The number of nitrogens with zero attached hydrogens (tertiary/aromatic N) is 2. The van der Waals surface area contributed by atoms with Gasteiger partial charge >= 0.3 is 0 Å². The molecule has 4 rings (SSSR count). The third kappa shape index (κ3) is 2.75. The molecular weight excluding hydrogens is 351 g/mol. The minimum atomic E-state index is 0.0834. The van der Waals surface area contributed by atoms with E-state index in [0.717, 1.165) is 22.0 Å². The molecule has 1 unspecified atom stereocenters. The molecule has 0 aliphatic carbocycles. The van der Waals surface area contributed by atoms with E-state index in [9.17, 15) is 4.79 Å². The molecule has 1 atom stereocenters. The average molecular weight is 363 g/mol. The molecule has 2 aliphatic rings. The number of para-hydroxylation sites is 1. The maximum absolute atomic E-state index is 12.4. The Kier molecular flexibility index (Phi) is 3.84. The van der Waals surface area contributed by atoms with Gasteiger partial charge in [0.25, 0.3) is 0 Å². The van der Waals surface area contributed by atoms with Gasteiger partial charge in [-0.2, -0.15) is 0 Å². The fourth-order valence-corrected chi connectivity index (χ4v) is 4.48. The second kappa shape index (κ2) is 5.86. The first-order valence-corrected chi connectivity index (χ1v) is 8.84. The predicted octanol–water partition coefficient (Wildman–Crippen LogP) is 4.93. The van der Waals surface area contributed by atoms with Crippen molar-refractivity contribution in [1.82, 2.24) is 4.90 Å². The molecule has 0 aromatic heterocycles. The third-order valence-electron chi connectivity index (χ3n) is 3.94. The van der Waals surface area contributed by atoms with Crippen LogP contribution in [0.3, 0.4) is 0 Å². The summed E-state index contributed by atoms with van der Waals surface area (Å²) in [5, 5.41) is 1.24. The number of rotatable bonds is 2. The first-order valence-electron chi connectivity index (χ1n) is 7.20. The molecule has 0 bridgehead atoms. The quantitative estimate of drug-likeness (QED) is 0.758. The van der Waals surface area contributed by atoms with E-state index in [0.29, 0.717) is 23.0 Å². The fourth-order valence-electron chi connectivity index (χ4n) is 2.80. The Balaban J connectivity index is 1.69. The number of aliphatic imine (C=N–C) groups is 1. The van der Waals surface area contributed by atoms with E-state index in [1.54, 1.807) is 28.8 Å². The van der Waals surface area contributed by atoms with E-state index in [1.165, 1.54) is 0 Å². The normalized spacial score (nSPS) is 19.4. The Morgan fingerprint density at radius 3 is 2.87 bits per heavy atom. The molecule has 2 aromatic rings. The highest BCUT2D eigenvalue weighted by molar-refractivity contribution is 8.01. The van der Waals surface area contributed by atoms with Crippen LogP contribution in [0.4, 0.5) is 5.69 Å². The van der Waals surface area contributed by atoms with Crippen LogP contribution in [0.2, 0.25) is 10.0 Å². The molecule has 2 heterocycles. The summed E-state index contributed by atoms with van der Waals surface area (Å²) in [5.41, 5.74) is 1.79. The van der Waals surface area contributed by atoms with Gasteiger partial charge in [-0.25, -0.2) is 4.99 Å². The highest BCUT2D eigenvalue weighted by Gasteiger charge is 2.39. The number of carbonyl (C=O) groups is 1. The van der Waals surface area contributed by atoms with Gasteiger partial charge in [0.15, 0.2) is 0 Å². The zero-order valence-corrected chi connectivity index (χ0v) is 14.3. The highest BCUT2D eigenvalue weighted by atomic mass is 35.5. The van der Waals surface area contributed by atoms with E-state index in [-0.39, 0.29) is 11.2 Å². The minimum absolute atomic E-state index is 0.0834. The van der Waals surface area contributed by atoms with Gasteiger partial charge < -0.3 is 0 Å². The van der Waals surface area contributed by atoms with Gasteiger partial charge in [-0.1, -0.05) is 41.4 Å². The maximum atomic E-state index is 12.4. The summed E-state index contributed by atoms with van der Waals surface area (Å²) in [6.07, 6.45) is 0.475. The molecule has 0 radical (unpaired) electrons. The lowest BCUT2D eigenvalue weighted by Crippen LogP contribution is -2.31. The van der Waals surface area contributed by atoms with E-state index < -0.39 is 0 Å². The van der Waals surface area contributed by atoms with Crippen LogP contribution < -0.4 is 0 Å². The lowest BCUT2D eigenvalue weighted by atomic mass is 10.2. The molecule has 0 N–H and O–H groups in total. The Labute approximate surface area is 148 Å². The number of benzene rings is 2.